The maximum atomic E-state index is 5.93. The fourth-order valence-electron chi connectivity index (χ4n) is 3.72. The fraction of sp³-hybridized carbons (Fsp3) is 1.00. The Morgan fingerprint density at radius 2 is 1.94 bits per heavy atom. The summed E-state index contributed by atoms with van der Waals surface area (Å²) in [5, 5.41) is 0. The molecule has 0 aromatic heterocycles. The van der Waals surface area contributed by atoms with E-state index in [9.17, 15) is 0 Å². The van der Waals surface area contributed by atoms with Crippen LogP contribution in [-0.2, 0) is 0 Å². The van der Waals surface area contributed by atoms with E-state index in [1.54, 1.807) is 0 Å². The zero-order valence-corrected chi connectivity index (χ0v) is 11.6. The van der Waals surface area contributed by atoms with Crippen LogP contribution in [0.1, 0.15) is 38.5 Å². The van der Waals surface area contributed by atoms with Crippen molar-refractivity contribution in [3.05, 3.63) is 0 Å². The smallest absolute Gasteiger partial charge is 0.0220 e. The Morgan fingerprint density at radius 3 is 2.59 bits per heavy atom. The third-order valence-electron chi connectivity index (χ3n) is 4.91. The SMILES string of the molecule is CN1CCCC1CN(C)C1CCCCC1CN. The molecule has 1 aliphatic heterocycles. The molecular weight excluding hydrogens is 210 g/mol. The maximum Gasteiger partial charge on any atom is 0.0220 e. The van der Waals surface area contributed by atoms with Crippen molar-refractivity contribution in [1.82, 2.24) is 9.80 Å². The summed E-state index contributed by atoms with van der Waals surface area (Å²) in [6, 6.07) is 1.52. The molecule has 0 aromatic rings. The summed E-state index contributed by atoms with van der Waals surface area (Å²) >= 11 is 0. The van der Waals surface area contributed by atoms with Crippen LogP contribution in [0.5, 0.6) is 0 Å². The molecule has 3 heteroatoms. The van der Waals surface area contributed by atoms with Gasteiger partial charge < -0.3 is 15.5 Å². The monoisotopic (exact) mass is 239 g/mol. The Kier molecular flexibility index (Phi) is 4.83. The molecule has 0 radical (unpaired) electrons. The molecule has 1 saturated heterocycles. The van der Waals surface area contributed by atoms with Crippen molar-refractivity contribution in [1.29, 1.82) is 0 Å². The van der Waals surface area contributed by atoms with Crippen LogP contribution in [-0.4, -0.2) is 55.6 Å². The van der Waals surface area contributed by atoms with Crippen LogP contribution in [0, 0.1) is 5.92 Å². The number of nitrogens with two attached hydrogens (primary N) is 1. The van der Waals surface area contributed by atoms with Gasteiger partial charge in [0.15, 0.2) is 0 Å². The number of hydrogen-bond acceptors (Lipinski definition) is 3. The van der Waals surface area contributed by atoms with Gasteiger partial charge in [-0.2, -0.15) is 0 Å². The molecule has 1 saturated carbocycles. The van der Waals surface area contributed by atoms with Crippen LogP contribution >= 0.6 is 0 Å². The Morgan fingerprint density at radius 1 is 1.18 bits per heavy atom. The lowest BCUT2D eigenvalue weighted by Gasteiger charge is -2.39. The molecular formula is C14H29N3. The van der Waals surface area contributed by atoms with Gasteiger partial charge >= 0.3 is 0 Å². The molecule has 3 unspecified atom stereocenters. The Bertz CT molecular complexity index is 232. The van der Waals surface area contributed by atoms with Crippen molar-refractivity contribution in [3.8, 4) is 0 Å². The van der Waals surface area contributed by atoms with Gasteiger partial charge in [-0.05, 0) is 58.8 Å². The quantitative estimate of drug-likeness (QED) is 0.807. The summed E-state index contributed by atoms with van der Waals surface area (Å²) in [7, 11) is 4.58. The van der Waals surface area contributed by atoms with E-state index in [0.717, 1.165) is 24.5 Å². The molecule has 2 aliphatic rings. The van der Waals surface area contributed by atoms with Gasteiger partial charge in [0.25, 0.3) is 0 Å². The number of likely N-dealkylation sites (tertiary alicyclic amines) is 1. The van der Waals surface area contributed by atoms with E-state index in [-0.39, 0.29) is 0 Å². The molecule has 2 N–H and O–H groups in total. The average Bonchev–Trinajstić information content (AvgIpc) is 2.75. The number of nitrogens with zero attached hydrogens (tertiary/aromatic N) is 2. The summed E-state index contributed by atoms with van der Waals surface area (Å²) in [4.78, 5) is 5.12. The van der Waals surface area contributed by atoms with E-state index in [1.165, 1.54) is 51.6 Å². The molecule has 1 aliphatic carbocycles. The van der Waals surface area contributed by atoms with Gasteiger partial charge in [-0.25, -0.2) is 0 Å². The van der Waals surface area contributed by atoms with Crippen LogP contribution in [0.25, 0.3) is 0 Å². The lowest BCUT2D eigenvalue weighted by Crippen LogP contribution is -2.47. The summed E-state index contributed by atoms with van der Waals surface area (Å²) in [5.41, 5.74) is 5.93. The van der Waals surface area contributed by atoms with Crippen LogP contribution in [0.2, 0.25) is 0 Å². The second-order valence-electron chi connectivity index (χ2n) is 6.06. The minimum absolute atomic E-state index is 0.737. The maximum absolute atomic E-state index is 5.93. The molecule has 17 heavy (non-hydrogen) atoms. The average molecular weight is 239 g/mol. The Balaban J connectivity index is 1.86. The zero-order chi connectivity index (χ0) is 12.3. The van der Waals surface area contributed by atoms with Crippen molar-refractivity contribution >= 4 is 0 Å². The fourth-order valence-corrected chi connectivity index (χ4v) is 3.72. The summed E-state index contributed by atoms with van der Waals surface area (Å²) in [6.07, 6.45) is 8.23. The first-order valence-electron chi connectivity index (χ1n) is 7.33. The van der Waals surface area contributed by atoms with Crippen LogP contribution in [0.4, 0.5) is 0 Å². The van der Waals surface area contributed by atoms with Gasteiger partial charge in [0.1, 0.15) is 0 Å². The molecule has 0 bridgehead atoms. The minimum atomic E-state index is 0.737. The van der Waals surface area contributed by atoms with Crippen molar-refractivity contribution in [3.63, 3.8) is 0 Å². The molecule has 2 fully saturated rings. The third kappa shape index (κ3) is 3.21. The Hall–Kier alpha value is -0.120. The van der Waals surface area contributed by atoms with E-state index >= 15 is 0 Å². The van der Waals surface area contributed by atoms with Gasteiger partial charge in [0.2, 0.25) is 0 Å². The van der Waals surface area contributed by atoms with E-state index in [4.69, 9.17) is 5.73 Å². The Labute approximate surface area is 106 Å². The van der Waals surface area contributed by atoms with E-state index in [1.807, 2.05) is 0 Å². The second kappa shape index (κ2) is 6.17. The highest BCUT2D eigenvalue weighted by atomic mass is 15.2. The molecule has 0 aromatic carbocycles. The molecule has 3 nitrogen and oxygen atoms in total. The molecule has 2 rings (SSSR count). The van der Waals surface area contributed by atoms with Crippen LogP contribution < -0.4 is 5.73 Å². The second-order valence-corrected chi connectivity index (χ2v) is 6.06. The summed E-state index contributed by atoms with van der Waals surface area (Å²) in [5.74, 6) is 0.737. The number of hydrogen-bond donors (Lipinski definition) is 1. The third-order valence-corrected chi connectivity index (χ3v) is 4.91. The van der Waals surface area contributed by atoms with E-state index < -0.39 is 0 Å². The lowest BCUT2D eigenvalue weighted by molar-refractivity contribution is 0.107. The normalized spacial score (nSPS) is 35.6. The highest BCUT2D eigenvalue weighted by Crippen LogP contribution is 2.28. The zero-order valence-electron chi connectivity index (χ0n) is 11.6. The molecule has 100 valence electrons. The van der Waals surface area contributed by atoms with Crippen LogP contribution in [0.15, 0.2) is 0 Å². The summed E-state index contributed by atoms with van der Waals surface area (Å²) in [6.45, 7) is 3.39. The number of rotatable bonds is 4. The van der Waals surface area contributed by atoms with Gasteiger partial charge in [-0.15, -0.1) is 0 Å². The number of likely N-dealkylation sites (N-methyl/N-ethyl adjacent to an activating group) is 2. The largest absolute Gasteiger partial charge is 0.330 e. The first-order chi connectivity index (χ1) is 8.22. The highest BCUT2D eigenvalue weighted by molar-refractivity contribution is 4.86. The predicted octanol–water partition coefficient (Wildman–Crippen LogP) is 1.53. The van der Waals surface area contributed by atoms with Gasteiger partial charge in [0.05, 0.1) is 0 Å². The first kappa shape index (κ1) is 13.3. The van der Waals surface area contributed by atoms with Gasteiger partial charge in [-0.3, -0.25) is 0 Å². The standard InChI is InChI=1S/C14H29N3/c1-16-9-5-7-13(16)11-17(2)14-8-4-3-6-12(14)10-15/h12-14H,3-11,15H2,1-2H3. The highest BCUT2D eigenvalue weighted by Gasteiger charge is 2.30. The molecule has 1 heterocycles. The van der Waals surface area contributed by atoms with E-state index in [0.29, 0.717) is 0 Å². The van der Waals surface area contributed by atoms with Crippen molar-refractivity contribution < 1.29 is 0 Å². The molecule has 0 spiro atoms. The predicted molar refractivity (Wildman–Crippen MR) is 73.1 cm³/mol. The molecule has 0 amide bonds. The van der Waals surface area contributed by atoms with Crippen molar-refractivity contribution in [2.45, 2.75) is 50.6 Å². The van der Waals surface area contributed by atoms with Gasteiger partial charge in [-0.1, -0.05) is 12.8 Å². The van der Waals surface area contributed by atoms with Crippen LogP contribution in [0.3, 0.4) is 0 Å². The first-order valence-corrected chi connectivity index (χ1v) is 7.33. The lowest BCUT2D eigenvalue weighted by atomic mass is 9.83. The topological polar surface area (TPSA) is 32.5 Å². The van der Waals surface area contributed by atoms with E-state index in [2.05, 4.69) is 23.9 Å². The molecule has 3 atom stereocenters. The minimum Gasteiger partial charge on any atom is -0.330 e. The van der Waals surface area contributed by atoms with Gasteiger partial charge in [0, 0.05) is 18.6 Å². The summed E-state index contributed by atoms with van der Waals surface area (Å²) < 4.78 is 0. The van der Waals surface area contributed by atoms with Crippen molar-refractivity contribution in [2.75, 3.05) is 33.7 Å². The van der Waals surface area contributed by atoms with Crippen molar-refractivity contribution in [2.24, 2.45) is 11.7 Å².